The number of halogens is 2. The van der Waals surface area contributed by atoms with Crippen molar-refractivity contribution in [3.63, 3.8) is 0 Å². The van der Waals surface area contributed by atoms with Crippen LogP contribution in [0.3, 0.4) is 0 Å². The van der Waals surface area contributed by atoms with Gasteiger partial charge >= 0.3 is 0 Å². The van der Waals surface area contributed by atoms with Gasteiger partial charge in [0.05, 0.1) is 17.3 Å². The summed E-state index contributed by atoms with van der Waals surface area (Å²) in [6, 6.07) is 11.0. The van der Waals surface area contributed by atoms with Crippen LogP contribution in [0.25, 0.3) is 0 Å². The Morgan fingerprint density at radius 2 is 1.95 bits per heavy atom. The van der Waals surface area contributed by atoms with E-state index in [1.54, 1.807) is 12.1 Å². The molecule has 2 N–H and O–H groups in total. The number of anilines is 1. The van der Waals surface area contributed by atoms with E-state index in [0.29, 0.717) is 28.1 Å². The second-order valence-electron chi connectivity index (χ2n) is 3.78. The van der Waals surface area contributed by atoms with Crippen molar-refractivity contribution < 1.29 is 4.74 Å². The lowest BCUT2D eigenvalue weighted by molar-refractivity contribution is 0.341. The summed E-state index contributed by atoms with van der Waals surface area (Å²) in [5, 5.41) is 1.29. The summed E-state index contributed by atoms with van der Waals surface area (Å²) in [6.45, 7) is 2.50. The van der Waals surface area contributed by atoms with Crippen molar-refractivity contribution in [1.29, 1.82) is 0 Å². The van der Waals surface area contributed by atoms with Gasteiger partial charge in [-0.15, -0.1) is 0 Å². The standard InChI is InChI=1S/C14H13Cl2NOS/c1-2-18-11-4-3-5-12(14(11)17)19-13-8-9(15)6-7-10(13)16/h3-8H,2,17H2,1H3. The van der Waals surface area contributed by atoms with E-state index < -0.39 is 0 Å². The van der Waals surface area contributed by atoms with Gasteiger partial charge in [0, 0.05) is 14.8 Å². The molecule has 0 heterocycles. The minimum atomic E-state index is 0.580. The van der Waals surface area contributed by atoms with Crippen molar-refractivity contribution >= 4 is 40.7 Å². The molecular formula is C14H13Cl2NOS. The van der Waals surface area contributed by atoms with Crippen molar-refractivity contribution in [2.75, 3.05) is 12.3 Å². The van der Waals surface area contributed by atoms with Crippen LogP contribution in [-0.2, 0) is 0 Å². The van der Waals surface area contributed by atoms with E-state index in [0.717, 1.165) is 9.79 Å². The molecule has 2 nitrogen and oxygen atoms in total. The zero-order valence-corrected chi connectivity index (χ0v) is 12.6. The third-order valence-corrected chi connectivity index (χ3v) is 4.25. The van der Waals surface area contributed by atoms with E-state index in [4.69, 9.17) is 33.7 Å². The van der Waals surface area contributed by atoms with Gasteiger partial charge in [0.25, 0.3) is 0 Å². The lowest BCUT2D eigenvalue weighted by Gasteiger charge is -2.11. The third kappa shape index (κ3) is 3.50. The minimum absolute atomic E-state index is 0.580. The number of para-hydroxylation sites is 1. The van der Waals surface area contributed by atoms with E-state index in [-0.39, 0.29) is 0 Å². The normalized spacial score (nSPS) is 10.5. The smallest absolute Gasteiger partial charge is 0.143 e. The Labute approximate surface area is 126 Å². The quantitative estimate of drug-likeness (QED) is 0.795. The molecule has 0 radical (unpaired) electrons. The van der Waals surface area contributed by atoms with E-state index in [1.807, 2.05) is 31.2 Å². The first-order valence-electron chi connectivity index (χ1n) is 5.76. The van der Waals surface area contributed by atoms with Gasteiger partial charge in [-0.2, -0.15) is 0 Å². The number of nitrogen functional groups attached to an aromatic ring is 1. The van der Waals surface area contributed by atoms with Crippen LogP contribution in [0.5, 0.6) is 5.75 Å². The predicted octanol–water partition coefficient (Wildman–Crippen LogP) is 5.13. The number of rotatable bonds is 4. The molecule has 100 valence electrons. The molecule has 5 heteroatoms. The molecule has 2 aromatic rings. The third-order valence-electron chi connectivity index (χ3n) is 2.44. The van der Waals surface area contributed by atoms with Gasteiger partial charge in [-0.05, 0) is 37.3 Å². The summed E-state index contributed by atoms with van der Waals surface area (Å²) in [7, 11) is 0. The molecule has 0 aliphatic heterocycles. The highest BCUT2D eigenvalue weighted by molar-refractivity contribution is 7.99. The molecule has 19 heavy (non-hydrogen) atoms. The number of hydrogen-bond donors (Lipinski definition) is 1. The van der Waals surface area contributed by atoms with E-state index in [2.05, 4.69) is 0 Å². The molecule has 0 aliphatic carbocycles. The Kier molecular flexibility index (Phi) is 4.86. The van der Waals surface area contributed by atoms with E-state index in [1.165, 1.54) is 11.8 Å². The van der Waals surface area contributed by atoms with E-state index in [9.17, 15) is 0 Å². The van der Waals surface area contributed by atoms with Gasteiger partial charge < -0.3 is 10.5 Å². The first kappa shape index (κ1) is 14.4. The van der Waals surface area contributed by atoms with Crippen molar-refractivity contribution in [3.05, 3.63) is 46.4 Å². The van der Waals surface area contributed by atoms with E-state index >= 15 is 0 Å². The molecule has 0 fully saturated rings. The van der Waals surface area contributed by atoms with Crippen LogP contribution in [0.1, 0.15) is 6.92 Å². The Morgan fingerprint density at radius 1 is 1.16 bits per heavy atom. The lowest BCUT2D eigenvalue weighted by atomic mass is 10.3. The average molecular weight is 314 g/mol. The van der Waals surface area contributed by atoms with Crippen molar-refractivity contribution in [2.45, 2.75) is 16.7 Å². The highest BCUT2D eigenvalue weighted by Gasteiger charge is 2.10. The second-order valence-corrected chi connectivity index (χ2v) is 5.71. The summed E-state index contributed by atoms with van der Waals surface area (Å²) in [5.41, 5.74) is 6.70. The van der Waals surface area contributed by atoms with Crippen LogP contribution < -0.4 is 10.5 Å². The largest absolute Gasteiger partial charge is 0.492 e. The summed E-state index contributed by atoms with van der Waals surface area (Å²) in [5.74, 6) is 0.686. The zero-order chi connectivity index (χ0) is 13.8. The highest BCUT2D eigenvalue weighted by atomic mass is 35.5. The number of benzene rings is 2. The van der Waals surface area contributed by atoms with Crippen LogP contribution in [0.4, 0.5) is 5.69 Å². The molecule has 2 aromatic carbocycles. The first-order chi connectivity index (χ1) is 9.11. The summed E-state index contributed by atoms with van der Waals surface area (Å²) < 4.78 is 5.47. The fourth-order valence-corrected chi connectivity index (χ4v) is 2.98. The molecule has 0 amide bonds. The molecule has 0 aliphatic rings. The van der Waals surface area contributed by atoms with Gasteiger partial charge in [0.1, 0.15) is 5.75 Å². The van der Waals surface area contributed by atoms with Gasteiger partial charge in [0.2, 0.25) is 0 Å². The maximum atomic E-state index is 6.15. The maximum absolute atomic E-state index is 6.15. The summed E-state index contributed by atoms with van der Waals surface area (Å²) >= 11 is 13.6. The fourth-order valence-electron chi connectivity index (χ4n) is 1.57. The molecular weight excluding hydrogens is 301 g/mol. The Morgan fingerprint density at radius 3 is 2.68 bits per heavy atom. The van der Waals surface area contributed by atoms with Crippen LogP contribution in [0.15, 0.2) is 46.2 Å². The molecule has 0 spiro atoms. The number of hydrogen-bond acceptors (Lipinski definition) is 3. The zero-order valence-electron chi connectivity index (χ0n) is 10.3. The van der Waals surface area contributed by atoms with Crippen LogP contribution in [0.2, 0.25) is 10.0 Å². The SMILES string of the molecule is CCOc1cccc(Sc2cc(Cl)ccc2Cl)c1N. The lowest BCUT2D eigenvalue weighted by Crippen LogP contribution is -1.97. The Hall–Kier alpha value is -1.03. The van der Waals surface area contributed by atoms with Crippen LogP contribution >= 0.6 is 35.0 Å². The van der Waals surface area contributed by atoms with Gasteiger partial charge in [-0.25, -0.2) is 0 Å². The Balaban J connectivity index is 2.33. The van der Waals surface area contributed by atoms with Gasteiger partial charge in [-0.3, -0.25) is 0 Å². The fraction of sp³-hybridized carbons (Fsp3) is 0.143. The highest BCUT2D eigenvalue weighted by Crippen LogP contribution is 2.40. The van der Waals surface area contributed by atoms with Crippen molar-refractivity contribution in [2.24, 2.45) is 0 Å². The van der Waals surface area contributed by atoms with Gasteiger partial charge in [0.15, 0.2) is 0 Å². The summed E-state index contributed by atoms with van der Waals surface area (Å²) in [4.78, 5) is 1.77. The van der Waals surface area contributed by atoms with Crippen molar-refractivity contribution in [1.82, 2.24) is 0 Å². The maximum Gasteiger partial charge on any atom is 0.143 e. The molecule has 0 unspecified atom stereocenters. The topological polar surface area (TPSA) is 35.2 Å². The predicted molar refractivity (Wildman–Crippen MR) is 82.6 cm³/mol. The van der Waals surface area contributed by atoms with Crippen LogP contribution in [-0.4, -0.2) is 6.61 Å². The molecule has 0 atom stereocenters. The van der Waals surface area contributed by atoms with Crippen molar-refractivity contribution in [3.8, 4) is 5.75 Å². The average Bonchev–Trinajstić information content (AvgIpc) is 2.39. The first-order valence-corrected chi connectivity index (χ1v) is 7.33. The molecule has 0 bridgehead atoms. The second kappa shape index (κ2) is 6.42. The monoisotopic (exact) mass is 313 g/mol. The number of nitrogens with two attached hydrogens (primary N) is 1. The molecule has 0 aromatic heterocycles. The molecule has 2 rings (SSSR count). The molecule has 0 saturated heterocycles. The van der Waals surface area contributed by atoms with Gasteiger partial charge in [-0.1, -0.05) is 41.0 Å². The molecule has 0 saturated carbocycles. The number of ether oxygens (including phenoxy) is 1. The Bertz CT molecular complexity index is 590. The van der Waals surface area contributed by atoms with Crippen LogP contribution in [0, 0.1) is 0 Å². The summed E-state index contributed by atoms with van der Waals surface area (Å²) in [6.07, 6.45) is 0. The minimum Gasteiger partial charge on any atom is -0.492 e.